The van der Waals surface area contributed by atoms with Crippen molar-refractivity contribution in [2.75, 3.05) is 5.75 Å². The number of thioether (sulfide) groups is 1. The van der Waals surface area contributed by atoms with E-state index in [0.29, 0.717) is 12.2 Å². The summed E-state index contributed by atoms with van der Waals surface area (Å²) in [6.07, 6.45) is 0. The maximum atomic E-state index is 12.8. The zero-order valence-corrected chi connectivity index (χ0v) is 18.8. The molecule has 0 spiro atoms. The first kappa shape index (κ1) is 23.1. The Morgan fingerprint density at radius 3 is 2.47 bits per heavy atom. The number of hydrogen-bond donors (Lipinski definition) is 2. The summed E-state index contributed by atoms with van der Waals surface area (Å²) in [6, 6.07) is 16.8. The van der Waals surface area contributed by atoms with Gasteiger partial charge in [0.15, 0.2) is 0 Å². The molecule has 1 heterocycles. The van der Waals surface area contributed by atoms with E-state index in [1.165, 1.54) is 14.1 Å². The number of carbonyl (C=O) groups excluding carboxylic acids is 1. The van der Waals surface area contributed by atoms with E-state index in [1.54, 1.807) is 6.07 Å². The topological polar surface area (TPSA) is 106 Å². The monoisotopic (exact) mass is 452 g/mol. The first-order chi connectivity index (χ1) is 15.3. The minimum atomic E-state index is -0.686. The third-order valence-electron chi connectivity index (χ3n) is 4.75. The van der Waals surface area contributed by atoms with E-state index >= 15 is 0 Å². The Hall–Kier alpha value is -3.59. The molecular formula is C23H24N4O4S. The van der Waals surface area contributed by atoms with Gasteiger partial charge in [0, 0.05) is 20.6 Å². The van der Waals surface area contributed by atoms with Crippen LogP contribution in [-0.2, 0) is 25.4 Å². The number of aromatic hydroxyl groups is 1. The summed E-state index contributed by atoms with van der Waals surface area (Å²) in [5.41, 5.74) is 1.02. The molecule has 2 aromatic carbocycles. The Labute approximate surface area is 189 Å². The molecule has 0 aliphatic carbocycles. The second kappa shape index (κ2) is 10.1. The fourth-order valence-corrected chi connectivity index (χ4v) is 3.84. The number of rotatable bonds is 6. The van der Waals surface area contributed by atoms with Gasteiger partial charge in [0.25, 0.3) is 5.56 Å². The Morgan fingerprint density at radius 1 is 1.06 bits per heavy atom. The molecule has 1 aromatic heterocycles. The van der Waals surface area contributed by atoms with Crippen LogP contribution in [0.4, 0.5) is 5.69 Å². The van der Waals surface area contributed by atoms with E-state index in [1.807, 2.05) is 55.5 Å². The van der Waals surface area contributed by atoms with E-state index in [0.717, 1.165) is 32.0 Å². The molecule has 0 fully saturated rings. The van der Waals surface area contributed by atoms with E-state index in [-0.39, 0.29) is 22.3 Å². The predicted octanol–water partition coefficient (Wildman–Crippen LogP) is 2.23. The number of benzene rings is 2. The lowest BCUT2D eigenvalue weighted by Crippen LogP contribution is -2.39. The Bertz CT molecular complexity index is 1280. The fourth-order valence-electron chi connectivity index (χ4n) is 2.98. The molecular weight excluding hydrogens is 428 g/mol. The SMILES string of the molecule is Cc1cccc(N=C(SCC(=O)NCc2ccccc2)c2c(O)n(C)c(=O)n(C)c2=O)c1. The molecule has 0 unspecified atom stereocenters. The number of nitrogens with zero attached hydrogens (tertiary/aromatic N) is 3. The number of aryl methyl sites for hydroxylation is 1. The van der Waals surface area contributed by atoms with Crippen molar-refractivity contribution in [1.82, 2.24) is 14.5 Å². The van der Waals surface area contributed by atoms with Crippen LogP contribution in [0.15, 0.2) is 69.2 Å². The van der Waals surface area contributed by atoms with Gasteiger partial charge in [0.2, 0.25) is 11.8 Å². The Kier molecular flexibility index (Phi) is 7.32. The molecule has 166 valence electrons. The maximum absolute atomic E-state index is 12.8. The van der Waals surface area contributed by atoms with Crippen molar-refractivity contribution in [3.63, 3.8) is 0 Å². The first-order valence-electron chi connectivity index (χ1n) is 9.86. The van der Waals surface area contributed by atoms with Crippen LogP contribution in [-0.4, -0.2) is 30.9 Å². The minimum Gasteiger partial charge on any atom is -0.494 e. The van der Waals surface area contributed by atoms with Gasteiger partial charge in [0.05, 0.1) is 11.4 Å². The molecule has 0 saturated heterocycles. The summed E-state index contributed by atoms with van der Waals surface area (Å²) in [7, 11) is 2.69. The third-order valence-corrected chi connectivity index (χ3v) is 5.73. The van der Waals surface area contributed by atoms with Gasteiger partial charge in [-0.2, -0.15) is 0 Å². The maximum Gasteiger partial charge on any atom is 0.333 e. The van der Waals surface area contributed by atoms with Crippen LogP contribution in [0.5, 0.6) is 5.88 Å². The molecule has 3 rings (SSSR count). The predicted molar refractivity (Wildman–Crippen MR) is 127 cm³/mol. The number of aliphatic imine (C=N–C) groups is 1. The van der Waals surface area contributed by atoms with Crippen LogP contribution < -0.4 is 16.6 Å². The largest absolute Gasteiger partial charge is 0.494 e. The number of amides is 1. The molecule has 0 aliphatic heterocycles. The minimum absolute atomic E-state index is 0.0249. The third kappa shape index (κ3) is 5.36. The first-order valence-corrected chi connectivity index (χ1v) is 10.8. The molecule has 0 saturated carbocycles. The van der Waals surface area contributed by atoms with Gasteiger partial charge < -0.3 is 10.4 Å². The van der Waals surface area contributed by atoms with Crippen molar-refractivity contribution in [2.24, 2.45) is 19.1 Å². The van der Waals surface area contributed by atoms with E-state index in [9.17, 15) is 19.5 Å². The molecule has 8 nitrogen and oxygen atoms in total. The normalized spacial score (nSPS) is 11.4. The zero-order valence-electron chi connectivity index (χ0n) is 18.0. The number of nitrogens with one attached hydrogen (secondary N) is 1. The van der Waals surface area contributed by atoms with Crippen molar-refractivity contribution in [3.8, 4) is 5.88 Å². The number of carbonyl (C=O) groups is 1. The molecule has 2 N–H and O–H groups in total. The van der Waals surface area contributed by atoms with Crippen molar-refractivity contribution in [3.05, 3.63) is 92.1 Å². The summed E-state index contributed by atoms with van der Waals surface area (Å²) in [4.78, 5) is 41.9. The Morgan fingerprint density at radius 2 is 1.78 bits per heavy atom. The van der Waals surface area contributed by atoms with Crippen LogP contribution >= 0.6 is 11.8 Å². The Balaban J connectivity index is 1.92. The molecule has 0 bridgehead atoms. The van der Waals surface area contributed by atoms with Crippen LogP contribution in [0.2, 0.25) is 0 Å². The molecule has 0 atom stereocenters. The van der Waals surface area contributed by atoms with Crippen LogP contribution in [0, 0.1) is 6.92 Å². The average Bonchev–Trinajstić information content (AvgIpc) is 2.79. The molecule has 0 radical (unpaired) electrons. The quantitative estimate of drug-likeness (QED) is 0.441. The summed E-state index contributed by atoms with van der Waals surface area (Å²) in [5, 5.41) is 13.5. The smallest absolute Gasteiger partial charge is 0.333 e. The average molecular weight is 453 g/mol. The summed E-state index contributed by atoms with van der Waals surface area (Å²) in [5.74, 6) is -0.776. The van der Waals surface area contributed by atoms with Crippen molar-refractivity contribution >= 4 is 28.4 Å². The molecule has 32 heavy (non-hydrogen) atoms. The van der Waals surface area contributed by atoms with Gasteiger partial charge >= 0.3 is 5.69 Å². The van der Waals surface area contributed by atoms with Gasteiger partial charge in [-0.25, -0.2) is 9.79 Å². The lowest BCUT2D eigenvalue weighted by Gasteiger charge is -2.12. The van der Waals surface area contributed by atoms with Crippen molar-refractivity contribution in [2.45, 2.75) is 13.5 Å². The van der Waals surface area contributed by atoms with Gasteiger partial charge in [-0.3, -0.25) is 18.7 Å². The van der Waals surface area contributed by atoms with Crippen molar-refractivity contribution in [1.29, 1.82) is 0 Å². The highest BCUT2D eigenvalue weighted by Gasteiger charge is 2.21. The zero-order chi connectivity index (χ0) is 23.3. The van der Waals surface area contributed by atoms with Gasteiger partial charge in [-0.1, -0.05) is 54.2 Å². The van der Waals surface area contributed by atoms with Crippen LogP contribution in [0.25, 0.3) is 0 Å². The van der Waals surface area contributed by atoms with Crippen molar-refractivity contribution < 1.29 is 9.90 Å². The summed E-state index contributed by atoms with van der Waals surface area (Å²) < 4.78 is 1.87. The van der Waals surface area contributed by atoms with Crippen LogP contribution in [0.3, 0.4) is 0 Å². The second-order valence-electron chi connectivity index (χ2n) is 7.21. The second-order valence-corrected chi connectivity index (χ2v) is 8.18. The van der Waals surface area contributed by atoms with E-state index in [4.69, 9.17) is 0 Å². The van der Waals surface area contributed by atoms with E-state index in [2.05, 4.69) is 10.3 Å². The highest BCUT2D eigenvalue weighted by atomic mass is 32.2. The molecule has 0 aliphatic rings. The van der Waals surface area contributed by atoms with Gasteiger partial charge in [-0.05, 0) is 30.2 Å². The highest BCUT2D eigenvalue weighted by Crippen LogP contribution is 2.23. The molecule has 3 aromatic rings. The van der Waals surface area contributed by atoms with Gasteiger partial charge in [0.1, 0.15) is 10.6 Å². The standard InChI is InChI=1S/C23H24N4O4S/c1-15-8-7-11-17(12-15)25-20(19-21(29)26(2)23(31)27(3)22(19)30)32-14-18(28)24-13-16-9-5-4-6-10-16/h4-12,29H,13-14H2,1-3H3,(H,24,28). The van der Waals surface area contributed by atoms with Crippen LogP contribution in [0.1, 0.15) is 16.7 Å². The highest BCUT2D eigenvalue weighted by molar-refractivity contribution is 8.15. The summed E-state index contributed by atoms with van der Waals surface area (Å²) >= 11 is 1.02. The number of aromatic nitrogens is 2. The fraction of sp³-hybridized carbons (Fsp3) is 0.217. The van der Waals surface area contributed by atoms with Gasteiger partial charge in [-0.15, -0.1) is 0 Å². The molecule has 1 amide bonds. The van der Waals surface area contributed by atoms with E-state index < -0.39 is 17.1 Å². The lowest BCUT2D eigenvalue weighted by molar-refractivity contribution is -0.118. The number of hydrogen-bond acceptors (Lipinski definition) is 6. The lowest BCUT2D eigenvalue weighted by atomic mass is 10.2. The molecule has 9 heteroatoms. The summed E-state index contributed by atoms with van der Waals surface area (Å²) in [6.45, 7) is 2.28.